The third-order valence-electron chi connectivity index (χ3n) is 1.87. The molecule has 0 nitrogen and oxygen atoms in total. The molecule has 1 saturated heterocycles. The van der Waals surface area contributed by atoms with Gasteiger partial charge in [-0.1, -0.05) is 19.4 Å². The first-order chi connectivity index (χ1) is 4.14. The van der Waals surface area contributed by atoms with Crippen LogP contribution in [-0.2, 0) is 0 Å². The summed E-state index contributed by atoms with van der Waals surface area (Å²) in [5, 5.41) is 0. The quantitative estimate of drug-likeness (QED) is 0.473. The predicted molar refractivity (Wildman–Crippen MR) is 49.3 cm³/mol. The van der Waals surface area contributed by atoms with Crippen molar-refractivity contribution < 1.29 is 0 Å². The van der Waals surface area contributed by atoms with Gasteiger partial charge in [0.05, 0.1) is 0 Å². The van der Waals surface area contributed by atoms with Crippen LogP contribution in [-0.4, -0.2) is 15.5 Å². The molecule has 0 aromatic heterocycles. The minimum absolute atomic E-state index is 0.328. The van der Waals surface area contributed by atoms with Gasteiger partial charge in [0.25, 0.3) is 0 Å². The number of halogens is 2. The molecule has 1 aliphatic heterocycles. The SMILES string of the molecule is CCC[SiH]1C[Si](Cl)(Cl)C1. The maximum atomic E-state index is 5.97. The van der Waals surface area contributed by atoms with Crippen LogP contribution in [0, 0.1) is 0 Å². The number of hydrogen-bond acceptors (Lipinski definition) is 0. The van der Waals surface area contributed by atoms with Crippen LogP contribution >= 0.6 is 22.2 Å². The summed E-state index contributed by atoms with van der Waals surface area (Å²) in [6.07, 6.45) is 1.34. The summed E-state index contributed by atoms with van der Waals surface area (Å²) in [6.45, 7) is 0.702. The summed E-state index contributed by atoms with van der Waals surface area (Å²) in [5.74, 6) is 0. The van der Waals surface area contributed by atoms with Crippen molar-refractivity contribution in [3.63, 3.8) is 0 Å². The van der Waals surface area contributed by atoms with E-state index in [4.69, 9.17) is 22.2 Å². The summed E-state index contributed by atoms with van der Waals surface area (Å²) < 4.78 is 0. The topological polar surface area (TPSA) is 0 Å². The van der Waals surface area contributed by atoms with Gasteiger partial charge >= 0.3 is 0 Å². The summed E-state index contributed by atoms with van der Waals surface area (Å²) in [6, 6.07) is 1.47. The predicted octanol–water partition coefficient (Wildman–Crippen LogP) is 2.64. The fourth-order valence-corrected chi connectivity index (χ4v) is 18.0. The fraction of sp³-hybridized carbons (Fsp3) is 1.00. The number of hydrogen-bond donors (Lipinski definition) is 0. The van der Waals surface area contributed by atoms with Gasteiger partial charge in [-0.05, 0) is 11.3 Å². The molecule has 4 heteroatoms. The van der Waals surface area contributed by atoms with Gasteiger partial charge < -0.3 is 0 Å². The summed E-state index contributed by atoms with van der Waals surface area (Å²) in [5.41, 5.74) is 2.56. The zero-order valence-electron chi connectivity index (χ0n) is 5.66. The summed E-state index contributed by atoms with van der Waals surface area (Å²) in [7, 11) is -0.328. The lowest BCUT2D eigenvalue weighted by molar-refractivity contribution is 1.05. The molecule has 0 radical (unpaired) electrons. The van der Waals surface area contributed by atoms with Crippen molar-refractivity contribution in [2.75, 3.05) is 0 Å². The molecular weight excluding hydrogens is 187 g/mol. The van der Waals surface area contributed by atoms with E-state index in [9.17, 15) is 0 Å². The zero-order chi connectivity index (χ0) is 6.91. The lowest BCUT2D eigenvalue weighted by atomic mass is 10.6. The monoisotopic (exact) mass is 198 g/mol. The van der Waals surface area contributed by atoms with E-state index in [2.05, 4.69) is 6.92 Å². The number of rotatable bonds is 2. The molecule has 54 valence electrons. The highest BCUT2D eigenvalue weighted by atomic mass is 35.7. The van der Waals surface area contributed by atoms with E-state index in [-0.39, 0.29) is 8.80 Å². The van der Waals surface area contributed by atoms with Crippen LogP contribution in [0.3, 0.4) is 0 Å². The van der Waals surface area contributed by atoms with Gasteiger partial charge in [-0.15, -0.1) is 22.2 Å². The lowest BCUT2D eigenvalue weighted by Gasteiger charge is -2.34. The third-order valence-corrected chi connectivity index (χ3v) is 18.2. The van der Waals surface area contributed by atoms with Crippen molar-refractivity contribution in [1.29, 1.82) is 0 Å². The molecule has 1 heterocycles. The van der Waals surface area contributed by atoms with Crippen LogP contribution < -0.4 is 0 Å². The molecule has 1 fully saturated rings. The summed E-state index contributed by atoms with van der Waals surface area (Å²) >= 11 is 11.9. The van der Waals surface area contributed by atoms with Crippen molar-refractivity contribution in [3.8, 4) is 0 Å². The standard InChI is InChI=1S/C5H12Cl2Si2/c1-2-3-8-4-9(6,7)5-8/h8H,2-5H2,1H3. The third kappa shape index (κ3) is 2.26. The Morgan fingerprint density at radius 3 is 2.33 bits per heavy atom. The van der Waals surface area contributed by atoms with Gasteiger partial charge in [-0.25, -0.2) is 0 Å². The van der Waals surface area contributed by atoms with Gasteiger partial charge in [0.2, 0.25) is 6.69 Å². The second-order valence-electron chi connectivity index (χ2n) is 2.92. The minimum Gasteiger partial charge on any atom is -0.146 e. The second kappa shape index (κ2) is 2.95. The van der Waals surface area contributed by atoms with E-state index < -0.39 is 6.69 Å². The second-order valence-corrected chi connectivity index (χ2v) is 15.1. The highest BCUT2D eigenvalue weighted by Gasteiger charge is 2.44. The Bertz CT molecular complexity index is 97.1. The van der Waals surface area contributed by atoms with E-state index in [1.54, 1.807) is 0 Å². The lowest BCUT2D eigenvalue weighted by Crippen LogP contribution is -2.44. The molecule has 0 spiro atoms. The van der Waals surface area contributed by atoms with Crippen LogP contribution in [0.25, 0.3) is 0 Å². The highest BCUT2D eigenvalue weighted by molar-refractivity contribution is 7.52. The van der Waals surface area contributed by atoms with Crippen LogP contribution in [0.5, 0.6) is 0 Å². The van der Waals surface area contributed by atoms with Crippen molar-refractivity contribution in [3.05, 3.63) is 0 Å². The molecule has 0 N–H and O–H groups in total. The molecule has 0 amide bonds. The van der Waals surface area contributed by atoms with E-state index in [1.807, 2.05) is 0 Å². The van der Waals surface area contributed by atoms with Crippen molar-refractivity contribution in [1.82, 2.24) is 0 Å². The average Bonchev–Trinajstić information content (AvgIpc) is 1.62. The van der Waals surface area contributed by atoms with Crippen LogP contribution in [0.15, 0.2) is 0 Å². The Labute approximate surface area is 68.6 Å². The van der Waals surface area contributed by atoms with Crippen LogP contribution in [0.2, 0.25) is 17.4 Å². The molecule has 0 aliphatic carbocycles. The molecule has 0 aromatic rings. The molecule has 0 unspecified atom stereocenters. The molecule has 0 aromatic carbocycles. The zero-order valence-corrected chi connectivity index (χ0v) is 9.33. The Hall–Kier alpha value is 1.01. The van der Waals surface area contributed by atoms with Gasteiger partial charge in [0.1, 0.15) is 0 Å². The maximum Gasteiger partial charge on any atom is 0.245 e. The van der Waals surface area contributed by atoms with Gasteiger partial charge in [0.15, 0.2) is 0 Å². The van der Waals surface area contributed by atoms with E-state index in [0.717, 1.165) is 0 Å². The molecule has 1 aliphatic rings. The molecular formula is C5H12Cl2Si2. The average molecular weight is 199 g/mol. The van der Waals surface area contributed by atoms with Crippen molar-refractivity contribution in [2.24, 2.45) is 0 Å². The molecule has 0 saturated carbocycles. The molecule has 0 bridgehead atoms. The van der Waals surface area contributed by atoms with Crippen LogP contribution in [0.1, 0.15) is 13.3 Å². The van der Waals surface area contributed by atoms with E-state index in [1.165, 1.54) is 23.8 Å². The Morgan fingerprint density at radius 2 is 2.00 bits per heavy atom. The Balaban J connectivity index is 2.12. The van der Waals surface area contributed by atoms with E-state index in [0.29, 0.717) is 0 Å². The first kappa shape index (κ1) is 8.11. The van der Waals surface area contributed by atoms with E-state index >= 15 is 0 Å². The molecule has 9 heavy (non-hydrogen) atoms. The molecule has 1 rings (SSSR count). The Kier molecular flexibility index (Phi) is 2.66. The smallest absolute Gasteiger partial charge is 0.146 e. The van der Waals surface area contributed by atoms with Crippen molar-refractivity contribution >= 4 is 37.6 Å². The normalized spacial score (nSPS) is 25.7. The minimum atomic E-state index is -1.54. The maximum absolute atomic E-state index is 5.97. The van der Waals surface area contributed by atoms with Gasteiger partial charge in [-0.3, -0.25) is 0 Å². The fourth-order valence-electron chi connectivity index (χ4n) is 1.40. The highest BCUT2D eigenvalue weighted by Crippen LogP contribution is 2.40. The van der Waals surface area contributed by atoms with Gasteiger partial charge in [-0.2, -0.15) is 0 Å². The first-order valence-corrected chi connectivity index (χ1v) is 10.4. The largest absolute Gasteiger partial charge is 0.245 e. The summed E-state index contributed by atoms with van der Waals surface area (Å²) in [4.78, 5) is 0. The first-order valence-electron chi connectivity index (χ1n) is 3.52. The van der Waals surface area contributed by atoms with Crippen LogP contribution in [0.4, 0.5) is 0 Å². The van der Waals surface area contributed by atoms with Gasteiger partial charge in [0, 0.05) is 8.80 Å². The molecule has 0 atom stereocenters. The Morgan fingerprint density at radius 1 is 1.44 bits per heavy atom. The van der Waals surface area contributed by atoms with Crippen molar-refractivity contribution in [2.45, 2.75) is 30.7 Å².